The fourth-order valence-corrected chi connectivity index (χ4v) is 3.88. The summed E-state index contributed by atoms with van der Waals surface area (Å²) in [6.07, 6.45) is 3.05. The second-order valence-corrected chi connectivity index (χ2v) is 7.82. The third-order valence-electron chi connectivity index (χ3n) is 4.42. The molecule has 4 rings (SSSR count). The molecule has 5 nitrogen and oxygen atoms in total. The first-order chi connectivity index (χ1) is 13.5. The van der Waals surface area contributed by atoms with Crippen molar-refractivity contribution in [2.24, 2.45) is 0 Å². The maximum atomic E-state index is 12.7. The van der Waals surface area contributed by atoms with Gasteiger partial charge in [-0.3, -0.25) is 9.59 Å². The van der Waals surface area contributed by atoms with Crippen molar-refractivity contribution in [2.45, 2.75) is 19.8 Å². The second kappa shape index (κ2) is 7.66. The van der Waals surface area contributed by atoms with Crippen LogP contribution in [0, 0.1) is 0 Å². The van der Waals surface area contributed by atoms with Gasteiger partial charge in [-0.2, -0.15) is 14.6 Å². The molecule has 0 atom stereocenters. The molecule has 2 aromatic heterocycles. The van der Waals surface area contributed by atoms with Gasteiger partial charge in [-0.25, -0.2) is 0 Å². The SMILES string of the molecule is CCc1ccc(/C=c2\sc3nc(=O)c(Cc4ccc(Cl)cc4)nn3c2=O)cc1. The molecular formula is C21H16ClN3O2S. The highest BCUT2D eigenvalue weighted by atomic mass is 35.5. The predicted molar refractivity (Wildman–Crippen MR) is 112 cm³/mol. The van der Waals surface area contributed by atoms with Gasteiger partial charge in [0.25, 0.3) is 11.1 Å². The molecule has 0 aliphatic rings. The summed E-state index contributed by atoms with van der Waals surface area (Å²) in [4.78, 5) is 29.4. The first kappa shape index (κ1) is 18.5. The number of hydrogen-bond donors (Lipinski definition) is 0. The first-order valence-corrected chi connectivity index (χ1v) is 10.0. The number of aromatic nitrogens is 3. The second-order valence-electron chi connectivity index (χ2n) is 6.37. The van der Waals surface area contributed by atoms with Crippen LogP contribution in [0.2, 0.25) is 5.02 Å². The molecule has 2 aromatic carbocycles. The van der Waals surface area contributed by atoms with Gasteiger partial charge in [-0.1, -0.05) is 66.3 Å². The Balaban J connectivity index is 1.76. The highest BCUT2D eigenvalue weighted by Crippen LogP contribution is 2.11. The summed E-state index contributed by atoms with van der Waals surface area (Å²) in [5.74, 6) is 0. The minimum atomic E-state index is -0.421. The standard InChI is InChI=1S/C21H16ClN3O2S/c1-2-13-3-5-15(6-4-13)12-18-20(27)25-21(28-18)23-19(26)17(24-25)11-14-7-9-16(22)10-8-14/h3-10,12H,2,11H2,1H3/b18-12-. The molecule has 0 saturated heterocycles. The molecule has 0 fully saturated rings. The number of fused-ring (bicyclic) bond motifs is 1. The van der Waals surface area contributed by atoms with E-state index in [9.17, 15) is 9.59 Å². The van der Waals surface area contributed by atoms with Gasteiger partial charge in [0.2, 0.25) is 4.96 Å². The molecule has 0 N–H and O–H groups in total. The van der Waals surface area contributed by atoms with Crippen molar-refractivity contribution in [1.29, 1.82) is 0 Å². The largest absolute Gasteiger partial charge is 0.296 e. The molecule has 0 aliphatic carbocycles. The number of hydrogen-bond acceptors (Lipinski definition) is 5. The molecule has 0 bridgehead atoms. The van der Waals surface area contributed by atoms with Crippen molar-refractivity contribution in [2.75, 3.05) is 0 Å². The Morgan fingerprint density at radius 1 is 1.04 bits per heavy atom. The highest BCUT2D eigenvalue weighted by Gasteiger charge is 2.11. The molecular weight excluding hydrogens is 394 g/mol. The zero-order valence-corrected chi connectivity index (χ0v) is 16.6. The van der Waals surface area contributed by atoms with Crippen LogP contribution in [0.3, 0.4) is 0 Å². The van der Waals surface area contributed by atoms with E-state index in [1.54, 1.807) is 18.2 Å². The van der Waals surface area contributed by atoms with Crippen molar-refractivity contribution in [3.63, 3.8) is 0 Å². The van der Waals surface area contributed by atoms with E-state index in [2.05, 4.69) is 17.0 Å². The van der Waals surface area contributed by atoms with Gasteiger partial charge in [-0.05, 0) is 41.3 Å². The van der Waals surface area contributed by atoms with Gasteiger partial charge in [0, 0.05) is 11.4 Å². The molecule has 4 aromatic rings. The minimum absolute atomic E-state index is 0.230. The average Bonchev–Trinajstić information content (AvgIpc) is 2.99. The number of aryl methyl sites for hydroxylation is 1. The van der Waals surface area contributed by atoms with E-state index < -0.39 is 5.56 Å². The first-order valence-electron chi connectivity index (χ1n) is 8.81. The fraction of sp³-hybridized carbons (Fsp3) is 0.143. The number of thiazole rings is 1. The molecule has 0 radical (unpaired) electrons. The summed E-state index contributed by atoms with van der Waals surface area (Å²) in [7, 11) is 0. The molecule has 28 heavy (non-hydrogen) atoms. The van der Waals surface area contributed by atoms with E-state index in [1.807, 2.05) is 36.4 Å². The Morgan fingerprint density at radius 3 is 2.39 bits per heavy atom. The molecule has 0 saturated carbocycles. The monoisotopic (exact) mass is 409 g/mol. The summed E-state index contributed by atoms with van der Waals surface area (Å²) in [6.45, 7) is 2.09. The topological polar surface area (TPSA) is 64.3 Å². The molecule has 0 amide bonds. The van der Waals surface area contributed by atoms with E-state index in [-0.39, 0.29) is 11.3 Å². The highest BCUT2D eigenvalue weighted by molar-refractivity contribution is 7.15. The van der Waals surface area contributed by atoms with Gasteiger partial charge in [0.05, 0.1) is 4.53 Å². The van der Waals surface area contributed by atoms with Crippen LogP contribution in [0.15, 0.2) is 58.1 Å². The van der Waals surface area contributed by atoms with Crippen molar-refractivity contribution in [1.82, 2.24) is 14.6 Å². The number of rotatable bonds is 4. The predicted octanol–water partition coefficient (Wildman–Crippen LogP) is 2.87. The van der Waals surface area contributed by atoms with Crippen LogP contribution in [-0.4, -0.2) is 14.6 Å². The Bertz CT molecular complexity index is 1310. The van der Waals surface area contributed by atoms with Crippen LogP contribution in [0.4, 0.5) is 0 Å². The van der Waals surface area contributed by atoms with E-state index in [0.29, 0.717) is 20.9 Å². The normalized spacial score (nSPS) is 12.0. The van der Waals surface area contributed by atoms with E-state index in [1.165, 1.54) is 10.1 Å². The van der Waals surface area contributed by atoms with Crippen molar-refractivity contribution < 1.29 is 0 Å². The Morgan fingerprint density at radius 2 is 1.71 bits per heavy atom. The molecule has 0 aliphatic heterocycles. The summed E-state index contributed by atoms with van der Waals surface area (Å²) in [6, 6.07) is 15.2. The van der Waals surface area contributed by atoms with Crippen LogP contribution in [0.5, 0.6) is 0 Å². The van der Waals surface area contributed by atoms with Crippen molar-refractivity contribution in [3.8, 4) is 0 Å². The van der Waals surface area contributed by atoms with Crippen LogP contribution in [0.25, 0.3) is 11.0 Å². The minimum Gasteiger partial charge on any atom is -0.266 e. The lowest BCUT2D eigenvalue weighted by atomic mass is 10.1. The van der Waals surface area contributed by atoms with Gasteiger partial charge in [-0.15, -0.1) is 0 Å². The van der Waals surface area contributed by atoms with Crippen LogP contribution >= 0.6 is 22.9 Å². The lowest BCUT2D eigenvalue weighted by Gasteiger charge is -2.00. The summed E-state index contributed by atoms with van der Waals surface area (Å²) in [5.41, 5.74) is 2.57. The molecule has 0 spiro atoms. The van der Waals surface area contributed by atoms with E-state index in [4.69, 9.17) is 11.6 Å². The summed E-state index contributed by atoms with van der Waals surface area (Å²) < 4.78 is 1.70. The van der Waals surface area contributed by atoms with Crippen LogP contribution in [0.1, 0.15) is 29.3 Å². The quantitative estimate of drug-likeness (QED) is 0.520. The maximum absolute atomic E-state index is 12.7. The van der Waals surface area contributed by atoms with Crippen LogP contribution in [-0.2, 0) is 12.8 Å². The molecule has 0 unspecified atom stereocenters. The van der Waals surface area contributed by atoms with Gasteiger partial charge in [0.1, 0.15) is 5.69 Å². The van der Waals surface area contributed by atoms with Crippen molar-refractivity contribution >= 4 is 34.0 Å². The Labute approximate surface area is 169 Å². The summed E-state index contributed by atoms with van der Waals surface area (Å²) in [5, 5.41) is 4.89. The van der Waals surface area contributed by atoms with Gasteiger partial charge in [0.15, 0.2) is 0 Å². The lowest BCUT2D eigenvalue weighted by molar-refractivity contribution is 0.811. The van der Waals surface area contributed by atoms with Crippen molar-refractivity contribution in [3.05, 3.63) is 101 Å². The Hall–Kier alpha value is -2.83. The summed E-state index contributed by atoms with van der Waals surface area (Å²) >= 11 is 7.06. The number of benzene rings is 2. The molecule has 140 valence electrons. The van der Waals surface area contributed by atoms with Gasteiger partial charge >= 0.3 is 0 Å². The zero-order chi connectivity index (χ0) is 19.7. The lowest BCUT2D eigenvalue weighted by Crippen LogP contribution is -2.28. The molecule has 2 heterocycles. The molecule has 7 heteroatoms. The third-order valence-corrected chi connectivity index (χ3v) is 5.63. The number of nitrogens with zero attached hydrogens (tertiary/aromatic N) is 3. The van der Waals surface area contributed by atoms with E-state index in [0.717, 1.165) is 28.9 Å². The Kier molecular flexibility index (Phi) is 5.07. The zero-order valence-electron chi connectivity index (χ0n) is 15.1. The smallest absolute Gasteiger partial charge is 0.266 e. The average molecular weight is 410 g/mol. The number of halogens is 1. The maximum Gasteiger partial charge on any atom is 0.296 e. The van der Waals surface area contributed by atoms with E-state index >= 15 is 0 Å². The fourth-order valence-electron chi connectivity index (χ4n) is 2.85. The van der Waals surface area contributed by atoms with Crippen LogP contribution < -0.4 is 15.7 Å². The van der Waals surface area contributed by atoms with Gasteiger partial charge < -0.3 is 0 Å². The third kappa shape index (κ3) is 3.74.